The zero-order valence-electron chi connectivity index (χ0n) is 17.5. The van der Waals surface area contributed by atoms with Crippen LogP contribution in [0.15, 0.2) is 36.9 Å². The maximum Gasteiger partial charge on any atom is 0.303 e. The number of halogens is 1. The molecule has 4 atom stereocenters. The van der Waals surface area contributed by atoms with Gasteiger partial charge in [0.05, 0.1) is 12.4 Å². The summed E-state index contributed by atoms with van der Waals surface area (Å²) in [5.41, 5.74) is 0.273. The fourth-order valence-corrected chi connectivity index (χ4v) is 4.37. The van der Waals surface area contributed by atoms with Gasteiger partial charge in [-0.25, -0.2) is 4.39 Å². The van der Waals surface area contributed by atoms with Crippen molar-refractivity contribution in [2.24, 2.45) is 0 Å². The van der Waals surface area contributed by atoms with Gasteiger partial charge in [0.1, 0.15) is 11.6 Å². The lowest BCUT2D eigenvalue weighted by molar-refractivity contribution is -0.186. The first-order valence-corrected chi connectivity index (χ1v) is 10.6. The highest BCUT2D eigenvalue weighted by atomic mass is 32.2. The Bertz CT molecular complexity index is 1010. The summed E-state index contributed by atoms with van der Waals surface area (Å²) in [6, 6.07) is 2.94. The van der Waals surface area contributed by atoms with Crippen LogP contribution in [0.4, 0.5) is 4.39 Å². The van der Waals surface area contributed by atoms with Gasteiger partial charge in [0.25, 0.3) is 0 Å². The molecule has 1 aliphatic rings. The molecule has 170 valence electrons. The van der Waals surface area contributed by atoms with Crippen LogP contribution >= 0.6 is 11.8 Å². The molecule has 1 aliphatic heterocycles. The topological polar surface area (TPSA) is 114 Å². The monoisotopic (exact) mass is 464 g/mol. The van der Waals surface area contributed by atoms with Crippen LogP contribution in [0.1, 0.15) is 20.8 Å². The molecule has 3 heterocycles. The van der Waals surface area contributed by atoms with Crippen molar-refractivity contribution in [3.05, 3.63) is 42.7 Å². The Balaban J connectivity index is 1.87. The molecule has 11 heteroatoms. The number of ether oxygens (including phenoxy) is 4. The third kappa shape index (κ3) is 6.16. The van der Waals surface area contributed by atoms with Crippen LogP contribution in [0.2, 0.25) is 0 Å². The van der Waals surface area contributed by atoms with Crippen molar-refractivity contribution in [3.8, 4) is 16.9 Å². The van der Waals surface area contributed by atoms with Crippen molar-refractivity contribution >= 4 is 29.7 Å². The molecule has 0 bridgehead atoms. The quantitative estimate of drug-likeness (QED) is 0.467. The van der Waals surface area contributed by atoms with Gasteiger partial charge in [-0.1, -0.05) is 0 Å². The lowest BCUT2D eigenvalue weighted by Gasteiger charge is -2.39. The number of thioether (sulfide) groups is 1. The third-order valence-corrected chi connectivity index (χ3v) is 5.52. The number of rotatable bonds is 6. The van der Waals surface area contributed by atoms with Crippen molar-refractivity contribution in [2.45, 2.75) is 44.5 Å². The van der Waals surface area contributed by atoms with E-state index in [2.05, 4.69) is 9.97 Å². The zero-order chi connectivity index (χ0) is 23.3. The SMILES string of the molecule is CC(=O)O[C@H]1[C@H](OC(C)=O)CSC(Oc2cncc(-c3cncc(F)c3)c2)[C@@H]1OC(C)=O. The van der Waals surface area contributed by atoms with E-state index >= 15 is 0 Å². The summed E-state index contributed by atoms with van der Waals surface area (Å²) in [5, 5.41) is 0. The van der Waals surface area contributed by atoms with Crippen molar-refractivity contribution in [1.82, 2.24) is 9.97 Å². The highest BCUT2D eigenvalue weighted by Gasteiger charge is 2.47. The van der Waals surface area contributed by atoms with Gasteiger partial charge in [0, 0.05) is 50.0 Å². The summed E-state index contributed by atoms with van der Waals surface area (Å²) in [4.78, 5) is 42.9. The van der Waals surface area contributed by atoms with Gasteiger partial charge in [-0.3, -0.25) is 24.4 Å². The first-order valence-electron chi connectivity index (χ1n) is 9.59. The molecule has 32 heavy (non-hydrogen) atoms. The smallest absolute Gasteiger partial charge is 0.303 e. The first-order chi connectivity index (χ1) is 15.2. The van der Waals surface area contributed by atoms with Crippen LogP contribution < -0.4 is 4.74 Å². The van der Waals surface area contributed by atoms with Gasteiger partial charge in [-0.2, -0.15) is 0 Å². The van der Waals surface area contributed by atoms with Gasteiger partial charge in [-0.05, 0) is 12.1 Å². The van der Waals surface area contributed by atoms with E-state index in [1.165, 1.54) is 57.2 Å². The van der Waals surface area contributed by atoms with E-state index in [1.807, 2.05) is 0 Å². The van der Waals surface area contributed by atoms with Crippen LogP contribution in [-0.4, -0.2) is 57.4 Å². The molecule has 0 amide bonds. The van der Waals surface area contributed by atoms with Gasteiger partial charge < -0.3 is 18.9 Å². The van der Waals surface area contributed by atoms with Crippen LogP contribution in [0.3, 0.4) is 0 Å². The number of carbonyl (C=O) groups excluding carboxylic acids is 3. The number of hydrogen-bond donors (Lipinski definition) is 0. The molecular formula is C21H21FN2O7S. The van der Waals surface area contributed by atoms with Gasteiger partial charge in [0.2, 0.25) is 0 Å². The predicted molar refractivity (Wildman–Crippen MR) is 111 cm³/mol. The molecule has 0 aliphatic carbocycles. The van der Waals surface area contributed by atoms with Crippen molar-refractivity contribution < 1.29 is 37.7 Å². The molecule has 9 nitrogen and oxygen atoms in total. The molecule has 1 fully saturated rings. The van der Waals surface area contributed by atoms with Crippen molar-refractivity contribution in [2.75, 3.05) is 5.75 Å². The number of carbonyl (C=O) groups is 3. The molecule has 0 aromatic carbocycles. The zero-order valence-corrected chi connectivity index (χ0v) is 18.3. The summed E-state index contributed by atoms with van der Waals surface area (Å²) >= 11 is 1.23. The fourth-order valence-electron chi connectivity index (χ4n) is 3.15. The van der Waals surface area contributed by atoms with E-state index in [9.17, 15) is 18.8 Å². The number of nitrogens with zero attached hydrogens (tertiary/aromatic N) is 2. The summed E-state index contributed by atoms with van der Waals surface area (Å²) in [7, 11) is 0. The number of pyridine rings is 2. The average Bonchev–Trinajstić information content (AvgIpc) is 2.71. The Kier molecular flexibility index (Phi) is 7.62. The summed E-state index contributed by atoms with van der Waals surface area (Å²) in [5.74, 6) is -1.75. The van der Waals surface area contributed by atoms with Crippen LogP contribution in [0.25, 0.3) is 11.1 Å². The highest BCUT2D eigenvalue weighted by molar-refractivity contribution is 7.99. The van der Waals surface area contributed by atoms with Crippen LogP contribution in [0, 0.1) is 5.82 Å². The summed E-state index contributed by atoms with van der Waals surface area (Å²) in [6.07, 6.45) is 2.61. The molecule has 0 N–H and O–H groups in total. The van der Waals surface area contributed by atoms with Crippen LogP contribution in [0.5, 0.6) is 5.75 Å². The second kappa shape index (κ2) is 10.4. The normalized spacial score (nSPS) is 22.5. The van der Waals surface area contributed by atoms with E-state index in [-0.39, 0.29) is 5.75 Å². The van der Waals surface area contributed by atoms with Crippen molar-refractivity contribution in [1.29, 1.82) is 0 Å². The fraction of sp³-hybridized carbons (Fsp3) is 0.381. The number of esters is 3. The Labute approximate surface area is 187 Å². The average molecular weight is 464 g/mol. The lowest BCUT2D eigenvalue weighted by Crippen LogP contribution is -2.55. The molecule has 1 unspecified atom stereocenters. The highest BCUT2D eigenvalue weighted by Crippen LogP contribution is 2.35. The Morgan fingerprint density at radius 3 is 2.09 bits per heavy atom. The standard InChI is InChI=1S/C21H21FN2O7S/c1-11(25)28-18-10-32-21(20(30-13(3)27)19(18)29-12(2)26)31-17-5-15(7-24-9-17)14-4-16(22)8-23-6-14/h4-9,18-21H,10H2,1-3H3/t18-,19+,20-,21?/m1/s1. The second-order valence-electron chi connectivity index (χ2n) is 6.92. The van der Waals surface area contributed by atoms with E-state index in [0.717, 1.165) is 6.20 Å². The van der Waals surface area contributed by atoms with Gasteiger partial charge >= 0.3 is 17.9 Å². The Morgan fingerprint density at radius 1 is 0.875 bits per heavy atom. The lowest BCUT2D eigenvalue weighted by atomic mass is 10.1. The van der Waals surface area contributed by atoms with Gasteiger partial charge in [0.15, 0.2) is 23.7 Å². The maximum atomic E-state index is 13.5. The maximum absolute atomic E-state index is 13.5. The van der Waals surface area contributed by atoms with E-state index in [0.29, 0.717) is 16.9 Å². The molecule has 2 aromatic heterocycles. The molecule has 0 spiro atoms. The van der Waals surface area contributed by atoms with E-state index in [4.69, 9.17) is 18.9 Å². The van der Waals surface area contributed by atoms with Crippen molar-refractivity contribution in [3.63, 3.8) is 0 Å². The van der Waals surface area contributed by atoms with Crippen LogP contribution in [-0.2, 0) is 28.6 Å². The molecule has 0 radical (unpaired) electrons. The first kappa shape index (κ1) is 23.5. The summed E-state index contributed by atoms with van der Waals surface area (Å²) < 4.78 is 35.5. The largest absolute Gasteiger partial charge is 0.474 e. The molecule has 0 saturated carbocycles. The molecule has 1 saturated heterocycles. The molecular weight excluding hydrogens is 443 g/mol. The minimum absolute atomic E-state index is 0.237. The number of aromatic nitrogens is 2. The Morgan fingerprint density at radius 2 is 1.47 bits per heavy atom. The molecule has 3 rings (SSSR count). The summed E-state index contributed by atoms with van der Waals surface area (Å²) in [6.45, 7) is 3.65. The number of hydrogen-bond acceptors (Lipinski definition) is 10. The second-order valence-corrected chi connectivity index (χ2v) is 8.05. The van der Waals surface area contributed by atoms with Gasteiger partial charge in [-0.15, -0.1) is 11.8 Å². The predicted octanol–water partition coefficient (Wildman–Crippen LogP) is 2.53. The Hall–Kier alpha value is -3.21. The molecule has 2 aromatic rings. The van der Waals surface area contributed by atoms with E-state index in [1.54, 1.807) is 6.07 Å². The third-order valence-electron chi connectivity index (χ3n) is 4.31. The minimum Gasteiger partial charge on any atom is -0.474 e. The minimum atomic E-state index is -1.06. The van der Waals surface area contributed by atoms with E-state index < -0.39 is 47.5 Å².